The van der Waals surface area contributed by atoms with E-state index in [1.54, 1.807) is 18.3 Å². The number of carbonyl (C=O) groups excluding carboxylic acids is 1. The first-order chi connectivity index (χ1) is 9.56. The maximum Gasteiger partial charge on any atom is 0.250 e. The lowest BCUT2D eigenvalue weighted by atomic mass is 10.3. The Morgan fingerprint density at radius 3 is 2.75 bits per heavy atom. The van der Waals surface area contributed by atoms with Gasteiger partial charge in [0.05, 0.1) is 5.69 Å². The van der Waals surface area contributed by atoms with Crippen molar-refractivity contribution < 1.29 is 4.79 Å². The van der Waals surface area contributed by atoms with Crippen LogP contribution in [0.4, 0.5) is 5.69 Å². The highest BCUT2D eigenvalue weighted by atomic mass is 79.9. The summed E-state index contributed by atoms with van der Waals surface area (Å²) in [6.07, 6.45) is 1.91. The van der Waals surface area contributed by atoms with Crippen molar-refractivity contribution in [3.8, 4) is 0 Å². The number of aromatic nitrogens is 1. The minimum absolute atomic E-state index is 0.107. The van der Waals surface area contributed by atoms with Gasteiger partial charge in [0.1, 0.15) is 0 Å². The van der Waals surface area contributed by atoms with Crippen LogP contribution in [0.5, 0.6) is 0 Å². The molecule has 2 rings (SSSR count). The number of rotatable bonds is 4. The van der Waals surface area contributed by atoms with E-state index in [2.05, 4.69) is 37.2 Å². The zero-order valence-corrected chi connectivity index (χ0v) is 13.6. The Bertz CT molecular complexity index is 683. The fourth-order valence-electron chi connectivity index (χ4n) is 1.67. The van der Waals surface area contributed by atoms with E-state index in [1.807, 2.05) is 18.2 Å². The van der Waals surface area contributed by atoms with E-state index in [4.69, 9.17) is 0 Å². The van der Waals surface area contributed by atoms with Crippen LogP contribution in [0.3, 0.4) is 0 Å². The number of benzene rings is 1. The van der Waals surface area contributed by atoms with Gasteiger partial charge in [-0.2, -0.15) is 0 Å². The Hall–Kier alpha value is -1.40. The molecule has 0 radical (unpaired) electrons. The SMILES string of the molecule is O=C(CCn1ccccc1=O)Nc1cc(Br)ccc1Br. The summed E-state index contributed by atoms with van der Waals surface area (Å²) in [7, 11) is 0. The topological polar surface area (TPSA) is 51.1 Å². The Balaban J connectivity index is 1.98. The molecule has 6 heteroatoms. The predicted molar refractivity (Wildman–Crippen MR) is 85.8 cm³/mol. The summed E-state index contributed by atoms with van der Waals surface area (Å²) in [5, 5.41) is 2.81. The van der Waals surface area contributed by atoms with Crippen molar-refractivity contribution in [1.29, 1.82) is 0 Å². The number of nitrogens with one attached hydrogen (secondary N) is 1. The molecule has 1 aromatic carbocycles. The largest absolute Gasteiger partial charge is 0.325 e. The fraction of sp³-hybridized carbons (Fsp3) is 0.143. The summed E-state index contributed by atoms with van der Waals surface area (Å²) in [5.74, 6) is -0.139. The molecule has 0 aliphatic carbocycles. The second-order valence-electron chi connectivity index (χ2n) is 4.15. The first-order valence-corrected chi connectivity index (χ1v) is 7.55. The Morgan fingerprint density at radius 2 is 2.00 bits per heavy atom. The standard InChI is InChI=1S/C14H12Br2N2O2/c15-10-4-5-11(16)12(9-10)17-13(19)6-8-18-7-2-1-3-14(18)20/h1-5,7,9H,6,8H2,(H,17,19). The van der Waals surface area contributed by atoms with E-state index in [-0.39, 0.29) is 17.9 Å². The van der Waals surface area contributed by atoms with Gasteiger partial charge in [0.15, 0.2) is 0 Å². The molecular weight excluding hydrogens is 388 g/mol. The summed E-state index contributed by atoms with van der Waals surface area (Å²) < 4.78 is 3.21. The van der Waals surface area contributed by atoms with Gasteiger partial charge in [0.2, 0.25) is 5.91 Å². The molecule has 20 heavy (non-hydrogen) atoms. The van der Waals surface area contributed by atoms with Crippen molar-refractivity contribution in [2.24, 2.45) is 0 Å². The van der Waals surface area contributed by atoms with E-state index < -0.39 is 0 Å². The van der Waals surface area contributed by atoms with Crippen molar-refractivity contribution in [1.82, 2.24) is 4.57 Å². The van der Waals surface area contributed by atoms with Crippen LogP contribution >= 0.6 is 31.9 Å². The van der Waals surface area contributed by atoms with Crippen LogP contribution in [0.15, 0.2) is 56.3 Å². The third-order valence-corrected chi connectivity index (χ3v) is 3.87. The normalized spacial score (nSPS) is 10.3. The average Bonchev–Trinajstić information content (AvgIpc) is 2.42. The maximum atomic E-state index is 11.9. The third-order valence-electron chi connectivity index (χ3n) is 2.68. The molecule has 104 valence electrons. The summed E-state index contributed by atoms with van der Waals surface area (Å²) in [6, 6.07) is 10.5. The van der Waals surface area contributed by atoms with Gasteiger partial charge in [0.25, 0.3) is 5.56 Å². The molecule has 0 unspecified atom stereocenters. The molecule has 0 atom stereocenters. The van der Waals surface area contributed by atoms with Crippen LogP contribution < -0.4 is 10.9 Å². The molecule has 0 saturated carbocycles. The van der Waals surface area contributed by atoms with Crippen LogP contribution in [0.25, 0.3) is 0 Å². The maximum absolute atomic E-state index is 11.9. The molecule has 0 spiro atoms. The van der Waals surface area contributed by atoms with Gasteiger partial charge in [-0.3, -0.25) is 9.59 Å². The van der Waals surface area contributed by atoms with E-state index >= 15 is 0 Å². The molecule has 1 heterocycles. The smallest absolute Gasteiger partial charge is 0.250 e. The van der Waals surface area contributed by atoms with E-state index in [1.165, 1.54) is 10.6 Å². The molecule has 0 fully saturated rings. The predicted octanol–water partition coefficient (Wildman–Crippen LogP) is 3.40. The number of carbonyl (C=O) groups is 1. The summed E-state index contributed by atoms with van der Waals surface area (Å²) in [5.41, 5.74) is 0.591. The summed E-state index contributed by atoms with van der Waals surface area (Å²) in [4.78, 5) is 23.4. The van der Waals surface area contributed by atoms with Gasteiger partial charge in [-0.05, 0) is 40.2 Å². The number of aryl methyl sites for hydroxylation is 1. The van der Waals surface area contributed by atoms with Gasteiger partial charge >= 0.3 is 0 Å². The molecule has 0 aliphatic heterocycles. The van der Waals surface area contributed by atoms with Crippen molar-refractivity contribution >= 4 is 43.5 Å². The number of pyridine rings is 1. The first-order valence-electron chi connectivity index (χ1n) is 5.96. The number of anilines is 1. The zero-order chi connectivity index (χ0) is 14.5. The highest BCUT2D eigenvalue weighted by Gasteiger charge is 2.06. The number of hydrogen-bond donors (Lipinski definition) is 1. The van der Waals surface area contributed by atoms with Crippen LogP contribution in [-0.4, -0.2) is 10.5 Å². The minimum Gasteiger partial charge on any atom is -0.325 e. The number of halogens is 2. The number of nitrogens with zero attached hydrogens (tertiary/aromatic N) is 1. The third kappa shape index (κ3) is 4.05. The van der Waals surface area contributed by atoms with Crippen molar-refractivity contribution in [3.05, 3.63) is 61.9 Å². The second kappa shape index (κ2) is 6.85. The molecule has 1 aromatic heterocycles. The van der Waals surface area contributed by atoms with Crippen molar-refractivity contribution in [3.63, 3.8) is 0 Å². The number of hydrogen-bond acceptors (Lipinski definition) is 2. The lowest BCUT2D eigenvalue weighted by Gasteiger charge is -2.09. The molecule has 1 N–H and O–H groups in total. The van der Waals surface area contributed by atoms with E-state index in [0.29, 0.717) is 12.2 Å². The van der Waals surface area contributed by atoms with Gasteiger partial charge < -0.3 is 9.88 Å². The minimum atomic E-state index is -0.139. The highest BCUT2D eigenvalue weighted by molar-refractivity contribution is 9.11. The summed E-state index contributed by atoms with van der Waals surface area (Å²) >= 11 is 6.73. The summed E-state index contributed by atoms with van der Waals surface area (Å²) in [6.45, 7) is 0.358. The molecule has 0 aliphatic rings. The van der Waals surface area contributed by atoms with E-state index in [0.717, 1.165) is 8.95 Å². The molecular formula is C14H12Br2N2O2. The van der Waals surface area contributed by atoms with Gasteiger partial charge in [-0.1, -0.05) is 22.0 Å². The Labute approximate surface area is 133 Å². The average molecular weight is 400 g/mol. The molecule has 1 amide bonds. The van der Waals surface area contributed by atoms with Crippen LogP contribution in [0, 0.1) is 0 Å². The molecule has 0 bridgehead atoms. The molecule has 2 aromatic rings. The lowest BCUT2D eigenvalue weighted by Crippen LogP contribution is -2.21. The quantitative estimate of drug-likeness (QED) is 0.856. The van der Waals surface area contributed by atoms with Crippen molar-refractivity contribution in [2.45, 2.75) is 13.0 Å². The lowest BCUT2D eigenvalue weighted by molar-refractivity contribution is -0.116. The fourth-order valence-corrected chi connectivity index (χ4v) is 2.38. The van der Waals surface area contributed by atoms with Gasteiger partial charge in [-0.25, -0.2) is 0 Å². The van der Waals surface area contributed by atoms with Crippen molar-refractivity contribution in [2.75, 3.05) is 5.32 Å². The highest BCUT2D eigenvalue weighted by Crippen LogP contribution is 2.26. The van der Waals surface area contributed by atoms with E-state index in [9.17, 15) is 9.59 Å². The zero-order valence-electron chi connectivity index (χ0n) is 10.5. The molecule has 0 saturated heterocycles. The van der Waals surface area contributed by atoms with Gasteiger partial charge in [0, 0.05) is 34.2 Å². The number of amides is 1. The van der Waals surface area contributed by atoms with Gasteiger partial charge in [-0.15, -0.1) is 0 Å². The molecule has 4 nitrogen and oxygen atoms in total. The second-order valence-corrected chi connectivity index (χ2v) is 5.92. The van der Waals surface area contributed by atoms with Crippen LogP contribution in [0.1, 0.15) is 6.42 Å². The van der Waals surface area contributed by atoms with Crippen LogP contribution in [0.2, 0.25) is 0 Å². The first kappa shape index (κ1) is 15.0. The van der Waals surface area contributed by atoms with Crippen LogP contribution in [-0.2, 0) is 11.3 Å². The Kier molecular flexibility index (Phi) is 5.14. The monoisotopic (exact) mass is 398 g/mol. The Morgan fingerprint density at radius 1 is 1.20 bits per heavy atom.